The zero-order valence-electron chi connectivity index (χ0n) is 5.93. The molecule has 0 amide bonds. The van der Waals surface area contributed by atoms with E-state index in [0.717, 1.165) is 0 Å². The summed E-state index contributed by atoms with van der Waals surface area (Å²) < 4.78 is 29.9. The average Bonchev–Trinajstić information content (AvgIpc) is 1.92. The highest BCUT2D eigenvalue weighted by molar-refractivity contribution is 7.86. The molecular weight excluding hydrogens is 198 g/mol. The number of anilines is 1. The first-order chi connectivity index (χ1) is 5.43. The Morgan fingerprint density at radius 1 is 1.42 bits per heavy atom. The summed E-state index contributed by atoms with van der Waals surface area (Å²) in [7, 11) is -4.23. The molecule has 3 N–H and O–H groups in total. The maximum absolute atomic E-state index is 10.6. The van der Waals surface area contributed by atoms with Crippen LogP contribution >= 0.6 is 12.6 Å². The molecule has 0 aromatic heterocycles. The third-order valence-electron chi connectivity index (χ3n) is 1.32. The van der Waals surface area contributed by atoms with Gasteiger partial charge in [0.15, 0.2) is 0 Å². The molecule has 0 heterocycles. The van der Waals surface area contributed by atoms with E-state index in [2.05, 4.69) is 12.6 Å². The average molecular weight is 205 g/mol. The van der Waals surface area contributed by atoms with E-state index in [9.17, 15) is 8.42 Å². The first-order valence-corrected chi connectivity index (χ1v) is 4.86. The van der Waals surface area contributed by atoms with Gasteiger partial charge in [-0.25, -0.2) is 0 Å². The van der Waals surface area contributed by atoms with Gasteiger partial charge in [-0.15, -0.1) is 12.6 Å². The van der Waals surface area contributed by atoms with Crippen molar-refractivity contribution in [1.29, 1.82) is 0 Å². The third kappa shape index (κ3) is 1.71. The second-order valence-electron chi connectivity index (χ2n) is 2.16. The van der Waals surface area contributed by atoms with Gasteiger partial charge in [0, 0.05) is 4.90 Å². The number of nitrogen functional groups attached to an aromatic ring is 1. The lowest BCUT2D eigenvalue weighted by Crippen LogP contribution is -2.03. The van der Waals surface area contributed by atoms with Crippen molar-refractivity contribution in [2.75, 3.05) is 5.73 Å². The van der Waals surface area contributed by atoms with Crippen LogP contribution in [-0.2, 0) is 10.1 Å². The number of para-hydroxylation sites is 1. The maximum atomic E-state index is 10.6. The fourth-order valence-electron chi connectivity index (χ4n) is 0.757. The molecule has 0 bridgehead atoms. The minimum atomic E-state index is -4.23. The van der Waals surface area contributed by atoms with Crippen LogP contribution in [0.15, 0.2) is 28.0 Å². The van der Waals surface area contributed by atoms with E-state index < -0.39 is 10.1 Å². The molecule has 0 spiro atoms. The molecular formula is C6H7NO3S2. The Morgan fingerprint density at radius 3 is 2.42 bits per heavy atom. The summed E-state index contributed by atoms with van der Waals surface area (Å²) in [5, 5.41) is 0. The molecule has 1 rings (SSSR count). The number of hydrogen-bond acceptors (Lipinski definition) is 4. The Kier molecular flexibility index (Phi) is 2.31. The highest BCUT2D eigenvalue weighted by atomic mass is 32.2. The first kappa shape index (κ1) is 9.37. The summed E-state index contributed by atoms with van der Waals surface area (Å²) >= 11 is 3.90. The SMILES string of the molecule is Nc1c(S)cccc1S(=O)(=O)O. The Hall–Kier alpha value is -0.720. The van der Waals surface area contributed by atoms with E-state index in [1.807, 2.05) is 0 Å². The minimum Gasteiger partial charge on any atom is -0.397 e. The molecule has 1 aromatic carbocycles. The summed E-state index contributed by atoms with van der Waals surface area (Å²) in [6, 6.07) is 4.19. The smallest absolute Gasteiger partial charge is 0.296 e. The van der Waals surface area contributed by atoms with Crippen LogP contribution in [0.4, 0.5) is 5.69 Å². The van der Waals surface area contributed by atoms with Crippen molar-refractivity contribution in [2.45, 2.75) is 9.79 Å². The molecule has 66 valence electrons. The Morgan fingerprint density at radius 2 is 2.00 bits per heavy atom. The molecule has 0 atom stereocenters. The number of nitrogens with two attached hydrogens (primary N) is 1. The third-order valence-corrected chi connectivity index (χ3v) is 2.62. The topological polar surface area (TPSA) is 80.4 Å². The molecule has 6 heteroatoms. The zero-order chi connectivity index (χ0) is 9.35. The van der Waals surface area contributed by atoms with Gasteiger partial charge in [-0.3, -0.25) is 4.55 Å². The summed E-state index contributed by atoms with van der Waals surface area (Å²) in [4.78, 5) is 0.0140. The Bertz CT molecular complexity index is 399. The predicted octanol–water partition coefficient (Wildman–Crippen LogP) is 0.804. The highest BCUT2D eigenvalue weighted by Gasteiger charge is 2.14. The van der Waals surface area contributed by atoms with Crippen LogP contribution in [0, 0.1) is 0 Å². The van der Waals surface area contributed by atoms with Gasteiger partial charge in [0.05, 0.1) is 5.69 Å². The second kappa shape index (κ2) is 2.96. The van der Waals surface area contributed by atoms with Gasteiger partial charge in [-0.1, -0.05) is 6.07 Å². The van der Waals surface area contributed by atoms with E-state index in [0.29, 0.717) is 4.90 Å². The van der Waals surface area contributed by atoms with Gasteiger partial charge in [-0.05, 0) is 12.1 Å². The maximum Gasteiger partial charge on any atom is 0.296 e. The van der Waals surface area contributed by atoms with Gasteiger partial charge in [0.1, 0.15) is 4.90 Å². The summed E-state index contributed by atoms with van der Waals surface area (Å²) in [5.41, 5.74) is 5.31. The monoisotopic (exact) mass is 205 g/mol. The second-order valence-corrected chi connectivity index (χ2v) is 4.04. The van der Waals surface area contributed by atoms with Gasteiger partial charge in [0.25, 0.3) is 10.1 Å². The molecule has 0 saturated carbocycles. The Labute approximate surface area is 75.6 Å². The summed E-state index contributed by atoms with van der Waals surface area (Å²) in [6.07, 6.45) is 0. The van der Waals surface area contributed by atoms with E-state index in [-0.39, 0.29) is 10.6 Å². The largest absolute Gasteiger partial charge is 0.397 e. The number of benzene rings is 1. The fourth-order valence-corrected chi connectivity index (χ4v) is 1.68. The van der Waals surface area contributed by atoms with Crippen LogP contribution in [0.2, 0.25) is 0 Å². The standard InChI is InChI=1S/C6H7NO3S2/c7-6-4(11)2-1-3-5(6)12(8,9)10/h1-3,11H,7H2,(H,8,9,10). The lowest BCUT2D eigenvalue weighted by Gasteiger charge is -2.03. The van der Waals surface area contributed by atoms with E-state index >= 15 is 0 Å². The zero-order valence-corrected chi connectivity index (χ0v) is 7.64. The van der Waals surface area contributed by atoms with Crippen LogP contribution in [0.3, 0.4) is 0 Å². The molecule has 0 saturated heterocycles. The normalized spacial score (nSPS) is 11.5. The molecule has 0 unspecified atom stereocenters. The van der Waals surface area contributed by atoms with Crippen molar-refractivity contribution in [3.8, 4) is 0 Å². The molecule has 0 radical (unpaired) electrons. The summed E-state index contributed by atoms with van der Waals surface area (Å²) in [5.74, 6) is 0. The number of hydrogen-bond donors (Lipinski definition) is 3. The van der Waals surface area contributed by atoms with Crippen LogP contribution in [0.25, 0.3) is 0 Å². The van der Waals surface area contributed by atoms with Gasteiger partial charge >= 0.3 is 0 Å². The van der Waals surface area contributed by atoms with Crippen molar-refractivity contribution in [1.82, 2.24) is 0 Å². The molecule has 0 fully saturated rings. The number of rotatable bonds is 1. The Balaban J connectivity index is 3.47. The van der Waals surface area contributed by atoms with E-state index in [1.165, 1.54) is 18.2 Å². The van der Waals surface area contributed by atoms with Gasteiger partial charge in [0.2, 0.25) is 0 Å². The van der Waals surface area contributed by atoms with E-state index in [4.69, 9.17) is 10.3 Å². The van der Waals surface area contributed by atoms with E-state index in [1.54, 1.807) is 0 Å². The lowest BCUT2D eigenvalue weighted by molar-refractivity contribution is 0.483. The number of thiol groups is 1. The first-order valence-electron chi connectivity index (χ1n) is 2.98. The van der Waals surface area contributed by atoms with Crippen molar-refractivity contribution in [3.05, 3.63) is 18.2 Å². The molecule has 0 aliphatic heterocycles. The highest BCUT2D eigenvalue weighted by Crippen LogP contribution is 2.24. The molecule has 0 aliphatic carbocycles. The van der Waals surface area contributed by atoms with Crippen LogP contribution in [0.5, 0.6) is 0 Å². The van der Waals surface area contributed by atoms with Crippen molar-refractivity contribution in [2.24, 2.45) is 0 Å². The van der Waals surface area contributed by atoms with Gasteiger partial charge < -0.3 is 5.73 Å². The quantitative estimate of drug-likeness (QED) is 0.360. The van der Waals surface area contributed by atoms with Crippen LogP contribution < -0.4 is 5.73 Å². The molecule has 0 aliphatic rings. The van der Waals surface area contributed by atoms with Crippen molar-refractivity contribution >= 4 is 28.4 Å². The van der Waals surface area contributed by atoms with Crippen LogP contribution in [0.1, 0.15) is 0 Å². The van der Waals surface area contributed by atoms with Gasteiger partial charge in [-0.2, -0.15) is 8.42 Å². The molecule has 12 heavy (non-hydrogen) atoms. The van der Waals surface area contributed by atoms with Crippen molar-refractivity contribution < 1.29 is 13.0 Å². The molecule has 4 nitrogen and oxygen atoms in total. The van der Waals surface area contributed by atoms with Crippen LogP contribution in [-0.4, -0.2) is 13.0 Å². The molecule has 1 aromatic rings. The fraction of sp³-hybridized carbons (Fsp3) is 0. The van der Waals surface area contributed by atoms with Crippen molar-refractivity contribution in [3.63, 3.8) is 0 Å². The summed E-state index contributed by atoms with van der Waals surface area (Å²) in [6.45, 7) is 0. The predicted molar refractivity (Wildman–Crippen MR) is 47.9 cm³/mol. The lowest BCUT2D eigenvalue weighted by atomic mass is 10.3. The minimum absolute atomic E-state index is 0.0386.